The first-order valence-corrected chi connectivity index (χ1v) is 21.7. The molecule has 0 bridgehead atoms. The van der Waals surface area contributed by atoms with Crippen molar-refractivity contribution in [1.82, 2.24) is 0 Å². The predicted molar refractivity (Wildman–Crippen MR) is 276 cm³/mol. The molecule has 0 saturated heterocycles. The molecule has 0 N–H and O–H groups in total. The zero-order valence-electron chi connectivity index (χ0n) is 37.9. The topological polar surface area (TPSA) is 26.3 Å². The highest BCUT2D eigenvalue weighted by atomic mass is 16.4. The summed E-state index contributed by atoms with van der Waals surface area (Å²) >= 11 is 0. The van der Waals surface area contributed by atoms with Crippen molar-refractivity contribution in [3.63, 3.8) is 0 Å². The van der Waals surface area contributed by atoms with E-state index in [1.165, 1.54) is 33.4 Å². The third-order valence-electron chi connectivity index (χ3n) is 12.6. The normalized spacial score (nSPS) is 15.0. The molecule has 2 heteroatoms. The monoisotopic (exact) mass is 822 g/mol. The molecule has 4 aromatic carbocycles. The van der Waals surface area contributed by atoms with E-state index in [1.54, 1.807) is 6.08 Å². The molecule has 2 nitrogen and oxygen atoms in total. The number of para-hydroxylation sites is 1. The third-order valence-corrected chi connectivity index (χ3v) is 12.6. The fraction of sp³-hybridized carbons (Fsp3) is 0.148. The highest BCUT2D eigenvalue weighted by Gasteiger charge is 2.36. The molecule has 1 aliphatic rings. The van der Waals surface area contributed by atoms with Crippen LogP contribution in [0.4, 0.5) is 0 Å². The van der Waals surface area contributed by atoms with Gasteiger partial charge in [-0.05, 0) is 101 Å². The Hall–Kier alpha value is -7.16. The summed E-state index contributed by atoms with van der Waals surface area (Å²) in [6, 6.07) is 24.4. The summed E-state index contributed by atoms with van der Waals surface area (Å²) in [6.07, 6.45) is 36.1. The van der Waals surface area contributed by atoms with Gasteiger partial charge >= 0.3 is 0 Å². The van der Waals surface area contributed by atoms with E-state index >= 15 is 0 Å². The van der Waals surface area contributed by atoms with Crippen LogP contribution < -0.4 is 0 Å². The Morgan fingerprint density at radius 2 is 1.32 bits per heavy atom. The lowest BCUT2D eigenvalue weighted by molar-refractivity contribution is 0.546. The van der Waals surface area contributed by atoms with Gasteiger partial charge in [0, 0.05) is 38.1 Å². The molecule has 2 aromatic heterocycles. The number of benzene rings is 4. The van der Waals surface area contributed by atoms with Crippen molar-refractivity contribution in [3.8, 4) is 22.3 Å². The summed E-state index contributed by atoms with van der Waals surface area (Å²) < 4.78 is 14.0. The van der Waals surface area contributed by atoms with E-state index in [0.29, 0.717) is 0 Å². The van der Waals surface area contributed by atoms with Gasteiger partial charge in [0.15, 0.2) is 11.2 Å². The molecule has 63 heavy (non-hydrogen) atoms. The Kier molecular flexibility index (Phi) is 12.9. The molecule has 7 rings (SSSR count). The summed E-state index contributed by atoms with van der Waals surface area (Å²) in [6.45, 7) is 31.2. The zero-order chi connectivity index (χ0) is 44.9. The van der Waals surface area contributed by atoms with E-state index in [4.69, 9.17) is 8.83 Å². The van der Waals surface area contributed by atoms with E-state index < -0.39 is 0 Å². The van der Waals surface area contributed by atoms with Crippen LogP contribution in [-0.4, -0.2) is 0 Å². The van der Waals surface area contributed by atoms with Crippen LogP contribution in [0.2, 0.25) is 0 Å². The van der Waals surface area contributed by atoms with Crippen molar-refractivity contribution in [2.45, 2.75) is 53.9 Å². The Bertz CT molecular complexity index is 3080. The fourth-order valence-electron chi connectivity index (χ4n) is 8.86. The third kappa shape index (κ3) is 8.30. The minimum absolute atomic E-state index is 0.211. The van der Waals surface area contributed by atoms with Gasteiger partial charge in [-0.25, -0.2) is 0 Å². The van der Waals surface area contributed by atoms with Crippen LogP contribution in [0.1, 0.15) is 76.5 Å². The molecule has 0 aliphatic heterocycles. The average Bonchev–Trinajstić information content (AvgIpc) is 3.91. The smallest absolute Gasteiger partial charge is 0.178 e. The number of hydrogen-bond donors (Lipinski definition) is 0. The Balaban J connectivity index is 1.38. The van der Waals surface area contributed by atoms with E-state index in [9.17, 15) is 0 Å². The van der Waals surface area contributed by atoms with Gasteiger partial charge in [0.1, 0.15) is 11.3 Å². The SMILES string of the molecule is C=C\C=C/C(C)=C(\C=C\C=C\C)C(C)(C)/C(C)=C/c1oc2c(ccc3c4cccc(-c5ccc6c(c5)C(C)(C)c5cc(/C(C=C)=C/C=C)ccc5-6)c4oc32)c1\C=C/C=C/C=C/C=C. The van der Waals surface area contributed by atoms with Crippen molar-refractivity contribution < 1.29 is 8.83 Å². The summed E-state index contributed by atoms with van der Waals surface area (Å²) in [7, 11) is 0. The maximum atomic E-state index is 7.00. The van der Waals surface area contributed by atoms with Crippen LogP contribution in [0.15, 0.2) is 216 Å². The molecule has 314 valence electrons. The van der Waals surface area contributed by atoms with Gasteiger partial charge in [-0.1, -0.05) is 205 Å². The molecule has 0 atom stereocenters. The average molecular weight is 823 g/mol. The van der Waals surface area contributed by atoms with Gasteiger partial charge < -0.3 is 8.83 Å². The highest BCUT2D eigenvalue weighted by molar-refractivity contribution is 6.17. The Labute approximate surface area is 374 Å². The van der Waals surface area contributed by atoms with Crippen LogP contribution in [0.5, 0.6) is 0 Å². The molecule has 0 unspecified atom stereocenters. The largest absolute Gasteiger partial charge is 0.452 e. The van der Waals surface area contributed by atoms with Crippen molar-refractivity contribution in [1.29, 1.82) is 0 Å². The van der Waals surface area contributed by atoms with Crippen LogP contribution >= 0.6 is 0 Å². The number of rotatable bonds is 15. The van der Waals surface area contributed by atoms with Crippen molar-refractivity contribution in [3.05, 3.63) is 235 Å². The zero-order valence-corrected chi connectivity index (χ0v) is 37.9. The second kappa shape index (κ2) is 18.4. The van der Waals surface area contributed by atoms with Crippen molar-refractivity contribution in [2.75, 3.05) is 0 Å². The van der Waals surface area contributed by atoms with Gasteiger partial charge in [0.25, 0.3) is 0 Å². The maximum absolute atomic E-state index is 7.00. The molecule has 1 aliphatic carbocycles. The first-order valence-electron chi connectivity index (χ1n) is 21.7. The molecule has 0 fully saturated rings. The molecule has 6 aromatic rings. The molecular formula is C61H58O2. The van der Waals surface area contributed by atoms with Gasteiger partial charge in [0.05, 0.1) is 0 Å². The second-order valence-corrected chi connectivity index (χ2v) is 17.1. The minimum Gasteiger partial charge on any atom is -0.452 e. The Morgan fingerprint density at radius 1 is 0.635 bits per heavy atom. The fourth-order valence-corrected chi connectivity index (χ4v) is 8.86. The van der Waals surface area contributed by atoms with E-state index in [-0.39, 0.29) is 10.8 Å². The molecule has 2 heterocycles. The molecule has 0 spiro atoms. The summed E-state index contributed by atoms with van der Waals surface area (Å²) in [5.41, 5.74) is 15.7. The summed E-state index contributed by atoms with van der Waals surface area (Å²) in [5.74, 6) is 0.773. The number of allylic oxidation sites excluding steroid dienone is 20. The van der Waals surface area contributed by atoms with Crippen LogP contribution in [0.25, 0.3) is 72.9 Å². The first kappa shape index (κ1) is 43.9. The number of fused-ring (bicyclic) bond motifs is 8. The molecule has 0 radical (unpaired) electrons. The Morgan fingerprint density at radius 3 is 2.05 bits per heavy atom. The van der Waals surface area contributed by atoms with Gasteiger partial charge in [-0.2, -0.15) is 0 Å². The second-order valence-electron chi connectivity index (χ2n) is 17.1. The van der Waals surface area contributed by atoms with Crippen LogP contribution in [0, 0.1) is 5.41 Å². The number of hydrogen-bond acceptors (Lipinski definition) is 2. The van der Waals surface area contributed by atoms with E-state index in [0.717, 1.165) is 72.1 Å². The van der Waals surface area contributed by atoms with Crippen LogP contribution in [0.3, 0.4) is 0 Å². The van der Waals surface area contributed by atoms with Gasteiger partial charge in [-0.15, -0.1) is 0 Å². The molecular weight excluding hydrogens is 765 g/mol. The lowest BCUT2D eigenvalue weighted by Crippen LogP contribution is -2.16. The van der Waals surface area contributed by atoms with E-state index in [1.807, 2.05) is 67.7 Å². The van der Waals surface area contributed by atoms with Crippen LogP contribution in [-0.2, 0) is 5.41 Å². The molecule has 0 saturated carbocycles. The number of furan rings is 2. The van der Waals surface area contributed by atoms with Crippen molar-refractivity contribution >= 4 is 50.6 Å². The summed E-state index contributed by atoms with van der Waals surface area (Å²) in [5, 5.41) is 3.05. The lowest BCUT2D eigenvalue weighted by atomic mass is 9.75. The van der Waals surface area contributed by atoms with Crippen molar-refractivity contribution in [2.24, 2.45) is 5.41 Å². The van der Waals surface area contributed by atoms with Gasteiger partial charge in [-0.3, -0.25) is 0 Å². The lowest BCUT2D eigenvalue weighted by Gasteiger charge is -2.29. The predicted octanol–water partition coefficient (Wildman–Crippen LogP) is 18.0. The molecule has 0 amide bonds. The quantitative estimate of drug-likeness (QED) is 0.0965. The van der Waals surface area contributed by atoms with E-state index in [2.05, 4.69) is 177 Å². The maximum Gasteiger partial charge on any atom is 0.178 e. The standard InChI is InChI=1S/C61H58O2/c1-12-17-20-21-22-24-28-49-51-36-37-52-50-30-25-29-46(45-33-35-48-47-34-32-44(43(16-5)26-15-4)39-54(47)61(10,11)55(48)40-45)57(50)63-59(52)58(51)62-56(49)38-42(7)60(8,9)53(31-23-18-13-2)41(6)27-19-14-3/h12-40H,1,3-5H2,2,6-11H3/b18-13+,20-17+,22-21+,27-19-,28-24-,31-23+,42-38+,43-26+,53-41+. The minimum atomic E-state index is -0.336. The first-order chi connectivity index (χ1) is 30.4. The summed E-state index contributed by atoms with van der Waals surface area (Å²) in [4.78, 5) is 0. The van der Waals surface area contributed by atoms with Gasteiger partial charge in [0.2, 0.25) is 0 Å². The highest BCUT2D eigenvalue weighted by Crippen LogP contribution is 2.51.